The van der Waals surface area contributed by atoms with E-state index in [0.29, 0.717) is 10.9 Å². The van der Waals surface area contributed by atoms with Gasteiger partial charge in [0, 0.05) is 16.8 Å². The summed E-state index contributed by atoms with van der Waals surface area (Å²) in [6, 6.07) is 5.77. The van der Waals surface area contributed by atoms with Crippen LogP contribution in [0.15, 0.2) is 29.6 Å². The highest BCUT2D eigenvalue weighted by Gasteiger charge is 2.10. The van der Waals surface area contributed by atoms with Crippen LogP contribution >= 0.6 is 23.1 Å². The highest BCUT2D eigenvalue weighted by Crippen LogP contribution is 2.21. The molecule has 0 N–H and O–H groups in total. The van der Waals surface area contributed by atoms with Gasteiger partial charge in [0.1, 0.15) is 0 Å². The number of thioether (sulfide) groups is 1. The van der Waals surface area contributed by atoms with E-state index in [4.69, 9.17) is 0 Å². The van der Waals surface area contributed by atoms with Gasteiger partial charge in [0.2, 0.25) is 0 Å². The number of carbonyl (C=O) groups is 1. The first kappa shape index (κ1) is 13.2. The summed E-state index contributed by atoms with van der Waals surface area (Å²) in [5, 5.41) is 0.663. The molecule has 0 aliphatic carbocycles. The summed E-state index contributed by atoms with van der Waals surface area (Å²) in [4.78, 5) is 22.4. The van der Waals surface area contributed by atoms with Crippen LogP contribution in [0.1, 0.15) is 27.2 Å². The van der Waals surface area contributed by atoms with E-state index < -0.39 is 0 Å². The fraction of sp³-hybridized carbons (Fsp3) is 0.308. The first-order valence-corrected chi connectivity index (χ1v) is 7.53. The second-order valence-electron chi connectivity index (χ2n) is 3.81. The Kier molecular flexibility index (Phi) is 4.49. The van der Waals surface area contributed by atoms with E-state index in [9.17, 15) is 4.79 Å². The Balaban J connectivity index is 1.96. The highest BCUT2D eigenvalue weighted by atomic mass is 32.2. The van der Waals surface area contributed by atoms with Crippen LogP contribution in [0.4, 0.5) is 0 Å². The number of nitrogens with zero attached hydrogens (tertiary/aromatic N) is 2. The molecule has 2 aromatic heterocycles. The van der Waals surface area contributed by atoms with Crippen LogP contribution < -0.4 is 0 Å². The molecule has 0 atom stereocenters. The molecule has 0 fully saturated rings. The number of carbonyl (C=O) groups excluding carboxylic acids is 1. The van der Waals surface area contributed by atoms with Gasteiger partial charge in [-0.05, 0) is 31.5 Å². The van der Waals surface area contributed by atoms with E-state index in [0.717, 1.165) is 17.0 Å². The fourth-order valence-corrected chi connectivity index (χ4v) is 3.15. The molecular weight excluding hydrogens is 264 g/mol. The predicted molar refractivity (Wildman–Crippen MR) is 75.5 cm³/mol. The molecule has 18 heavy (non-hydrogen) atoms. The average Bonchev–Trinajstić information content (AvgIpc) is 2.85. The van der Waals surface area contributed by atoms with Gasteiger partial charge in [0.05, 0.1) is 10.6 Å². The van der Waals surface area contributed by atoms with Gasteiger partial charge in [-0.15, -0.1) is 11.3 Å². The molecule has 2 rings (SSSR count). The summed E-state index contributed by atoms with van der Waals surface area (Å²) in [6.07, 6.45) is 2.70. The number of rotatable bonds is 5. The maximum absolute atomic E-state index is 12.0. The number of hydrogen-bond acceptors (Lipinski definition) is 5. The topological polar surface area (TPSA) is 42.9 Å². The molecule has 3 nitrogen and oxygen atoms in total. The Morgan fingerprint density at radius 3 is 2.89 bits per heavy atom. The maximum Gasteiger partial charge on any atom is 0.188 e. The van der Waals surface area contributed by atoms with Gasteiger partial charge >= 0.3 is 0 Å². The van der Waals surface area contributed by atoms with Crippen LogP contribution in [-0.2, 0) is 6.42 Å². The molecule has 0 aliphatic heterocycles. The van der Waals surface area contributed by atoms with Crippen molar-refractivity contribution in [3.05, 3.63) is 39.8 Å². The Hall–Kier alpha value is -1.20. The molecule has 0 radical (unpaired) electrons. The Bertz CT molecular complexity index is 551. The quantitative estimate of drug-likeness (QED) is 0.478. The third-order valence-electron chi connectivity index (χ3n) is 2.39. The lowest BCUT2D eigenvalue weighted by atomic mass is 10.3. The van der Waals surface area contributed by atoms with Crippen molar-refractivity contribution in [1.29, 1.82) is 0 Å². The van der Waals surface area contributed by atoms with Crippen molar-refractivity contribution < 1.29 is 4.79 Å². The third kappa shape index (κ3) is 3.40. The molecule has 2 heterocycles. The van der Waals surface area contributed by atoms with E-state index in [-0.39, 0.29) is 5.78 Å². The molecule has 0 bridgehead atoms. The minimum Gasteiger partial charge on any atom is -0.292 e. The van der Waals surface area contributed by atoms with Gasteiger partial charge in [0.25, 0.3) is 0 Å². The molecule has 5 heteroatoms. The lowest BCUT2D eigenvalue weighted by Crippen LogP contribution is -2.00. The third-order valence-corrected chi connectivity index (χ3v) is 4.52. The minimum atomic E-state index is 0.148. The molecule has 94 valence electrons. The van der Waals surface area contributed by atoms with Gasteiger partial charge in [0.15, 0.2) is 10.9 Å². The zero-order chi connectivity index (χ0) is 13.0. The lowest BCUT2D eigenvalue weighted by Gasteiger charge is -1.99. The highest BCUT2D eigenvalue weighted by molar-refractivity contribution is 7.99. The molecule has 0 amide bonds. The zero-order valence-corrected chi connectivity index (χ0v) is 12.0. The second kappa shape index (κ2) is 6.11. The van der Waals surface area contributed by atoms with Crippen molar-refractivity contribution in [3.8, 4) is 0 Å². The summed E-state index contributed by atoms with van der Waals surface area (Å²) in [6.45, 7) is 4.01. The minimum absolute atomic E-state index is 0.148. The first-order chi connectivity index (χ1) is 8.69. The van der Waals surface area contributed by atoms with Crippen LogP contribution in [0.25, 0.3) is 0 Å². The van der Waals surface area contributed by atoms with E-state index in [1.54, 1.807) is 17.5 Å². The standard InChI is InChI=1S/C13H14N2OS2/c1-3-10-4-5-12(18-10)11(16)8-17-13-14-7-6-9(2)15-13/h4-7H,3,8H2,1-2H3. The molecular formula is C13H14N2OS2. The Morgan fingerprint density at radius 2 is 2.22 bits per heavy atom. The molecule has 0 saturated heterocycles. The summed E-state index contributed by atoms with van der Waals surface area (Å²) < 4.78 is 0. The van der Waals surface area contributed by atoms with E-state index in [1.165, 1.54) is 16.6 Å². The van der Waals surface area contributed by atoms with Gasteiger partial charge in [-0.1, -0.05) is 18.7 Å². The number of thiophene rings is 1. The SMILES string of the molecule is CCc1ccc(C(=O)CSc2nccc(C)n2)s1. The van der Waals surface area contributed by atoms with Crippen LogP contribution in [0, 0.1) is 6.92 Å². The van der Waals surface area contributed by atoms with Crippen LogP contribution in [0.3, 0.4) is 0 Å². The zero-order valence-electron chi connectivity index (χ0n) is 10.3. The van der Waals surface area contributed by atoms with Gasteiger partial charge in [-0.3, -0.25) is 4.79 Å². The molecule has 0 aliphatic rings. The van der Waals surface area contributed by atoms with Crippen molar-refractivity contribution in [3.63, 3.8) is 0 Å². The Labute approximate surface area is 115 Å². The number of hydrogen-bond donors (Lipinski definition) is 0. The van der Waals surface area contributed by atoms with Gasteiger partial charge in [-0.2, -0.15) is 0 Å². The molecule has 2 aromatic rings. The number of aryl methyl sites for hydroxylation is 2. The lowest BCUT2D eigenvalue weighted by molar-refractivity contribution is 0.102. The van der Waals surface area contributed by atoms with Crippen LogP contribution in [-0.4, -0.2) is 21.5 Å². The van der Waals surface area contributed by atoms with E-state index in [1.807, 2.05) is 25.1 Å². The molecule has 0 saturated carbocycles. The number of ketones is 1. The van der Waals surface area contributed by atoms with E-state index in [2.05, 4.69) is 16.9 Å². The summed E-state index contributed by atoms with van der Waals surface area (Å²) in [5.74, 6) is 0.544. The van der Waals surface area contributed by atoms with Crippen molar-refractivity contribution in [1.82, 2.24) is 9.97 Å². The van der Waals surface area contributed by atoms with Gasteiger partial charge in [-0.25, -0.2) is 9.97 Å². The number of aromatic nitrogens is 2. The van der Waals surface area contributed by atoms with Crippen LogP contribution in [0.2, 0.25) is 0 Å². The first-order valence-electron chi connectivity index (χ1n) is 5.73. The molecule has 0 spiro atoms. The normalized spacial score (nSPS) is 10.6. The predicted octanol–water partition coefficient (Wildman–Crippen LogP) is 3.38. The number of Topliss-reactive ketones (excluding diaryl/α,β-unsaturated/α-hetero) is 1. The molecule has 0 aromatic carbocycles. The Morgan fingerprint density at radius 1 is 1.39 bits per heavy atom. The largest absolute Gasteiger partial charge is 0.292 e. The van der Waals surface area contributed by atoms with Crippen LogP contribution in [0.5, 0.6) is 0 Å². The van der Waals surface area contributed by atoms with E-state index >= 15 is 0 Å². The van der Waals surface area contributed by atoms with Crippen molar-refractivity contribution >= 4 is 28.9 Å². The van der Waals surface area contributed by atoms with Crippen molar-refractivity contribution in [2.24, 2.45) is 0 Å². The summed E-state index contributed by atoms with van der Waals surface area (Å²) in [5.41, 5.74) is 0.921. The summed E-state index contributed by atoms with van der Waals surface area (Å²) in [7, 11) is 0. The molecule has 0 unspecified atom stereocenters. The monoisotopic (exact) mass is 278 g/mol. The maximum atomic E-state index is 12.0. The smallest absolute Gasteiger partial charge is 0.188 e. The van der Waals surface area contributed by atoms with Crippen molar-refractivity contribution in [2.75, 3.05) is 5.75 Å². The summed E-state index contributed by atoms with van der Waals surface area (Å²) >= 11 is 2.96. The second-order valence-corrected chi connectivity index (χ2v) is 5.92. The van der Waals surface area contributed by atoms with Gasteiger partial charge < -0.3 is 0 Å². The fourth-order valence-electron chi connectivity index (χ4n) is 1.41. The van der Waals surface area contributed by atoms with Crippen molar-refractivity contribution in [2.45, 2.75) is 25.4 Å². The average molecular weight is 278 g/mol.